The van der Waals surface area contributed by atoms with Crippen molar-refractivity contribution in [2.75, 3.05) is 13.2 Å². The van der Waals surface area contributed by atoms with Gasteiger partial charge in [-0.1, -0.05) is 18.2 Å². The maximum atomic E-state index is 6.40. The molecule has 88 valence electrons. The maximum absolute atomic E-state index is 6.40. The van der Waals surface area contributed by atoms with Crippen LogP contribution >= 0.6 is 0 Å². The summed E-state index contributed by atoms with van der Waals surface area (Å²) in [6.07, 6.45) is 3.09. The normalized spacial score (nSPS) is 25.7. The number of ether oxygens (including phenoxy) is 1. The van der Waals surface area contributed by atoms with E-state index in [4.69, 9.17) is 10.5 Å². The van der Waals surface area contributed by atoms with Gasteiger partial charge < -0.3 is 10.5 Å². The van der Waals surface area contributed by atoms with Crippen molar-refractivity contribution in [1.82, 2.24) is 0 Å². The Morgan fingerprint density at radius 1 is 1.31 bits per heavy atom. The summed E-state index contributed by atoms with van der Waals surface area (Å²) >= 11 is 0. The molecule has 2 rings (SSSR count). The zero-order valence-electron chi connectivity index (χ0n) is 10.3. The van der Waals surface area contributed by atoms with E-state index in [-0.39, 0.29) is 5.54 Å². The molecule has 2 heteroatoms. The molecule has 0 aromatic heterocycles. The fourth-order valence-corrected chi connectivity index (χ4v) is 2.49. The Kier molecular flexibility index (Phi) is 3.31. The van der Waals surface area contributed by atoms with E-state index in [9.17, 15) is 0 Å². The van der Waals surface area contributed by atoms with Crippen LogP contribution in [0, 0.1) is 13.8 Å². The van der Waals surface area contributed by atoms with E-state index in [0.29, 0.717) is 6.61 Å². The lowest BCUT2D eigenvalue weighted by Gasteiger charge is -2.34. The minimum Gasteiger partial charge on any atom is -0.380 e. The second kappa shape index (κ2) is 4.56. The fourth-order valence-electron chi connectivity index (χ4n) is 2.49. The monoisotopic (exact) mass is 219 g/mol. The van der Waals surface area contributed by atoms with Crippen molar-refractivity contribution >= 4 is 0 Å². The molecular formula is C14H21NO. The fraction of sp³-hybridized carbons (Fsp3) is 0.571. The van der Waals surface area contributed by atoms with Gasteiger partial charge in [0.25, 0.3) is 0 Å². The Balaban J connectivity index is 2.19. The second-order valence-electron chi connectivity index (χ2n) is 5.07. The van der Waals surface area contributed by atoms with E-state index < -0.39 is 0 Å². The zero-order valence-corrected chi connectivity index (χ0v) is 10.3. The lowest BCUT2D eigenvalue weighted by Crippen LogP contribution is -2.49. The van der Waals surface area contributed by atoms with Gasteiger partial charge in [-0.25, -0.2) is 0 Å². The highest BCUT2D eigenvalue weighted by Crippen LogP contribution is 2.24. The first-order chi connectivity index (χ1) is 7.61. The summed E-state index contributed by atoms with van der Waals surface area (Å²) in [5, 5.41) is 0. The number of benzene rings is 1. The highest BCUT2D eigenvalue weighted by Gasteiger charge is 2.29. The van der Waals surface area contributed by atoms with E-state index in [1.807, 2.05) is 0 Å². The van der Waals surface area contributed by atoms with Crippen LogP contribution in [0.2, 0.25) is 0 Å². The SMILES string of the molecule is Cc1cccc(C)c1CC1(N)CCCOC1. The third kappa shape index (κ3) is 2.45. The molecule has 1 aliphatic rings. The average Bonchev–Trinajstić information content (AvgIpc) is 2.25. The summed E-state index contributed by atoms with van der Waals surface area (Å²) in [7, 11) is 0. The van der Waals surface area contributed by atoms with Crippen LogP contribution < -0.4 is 5.73 Å². The van der Waals surface area contributed by atoms with Crippen LogP contribution in [0.25, 0.3) is 0 Å². The molecule has 0 bridgehead atoms. The third-order valence-electron chi connectivity index (χ3n) is 3.53. The van der Waals surface area contributed by atoms with Gasteiger partial charge in [0.15, 0.2) is 0 Å². The summed E-state index contributed by atoms with van der Waals surface area (Å²) in [5.74, 6) is 0. The topological polar surface area (TPSA) is 35.2 Å². The molecule has 0 aliphatic carbocycles. The van der Waals surface area contributed by atoms with Gasteiger partial charge in [0.05, 0.1) is 6.61 Å². The van der Waals surface area contributed by atoms with Crippen LogP contribution in [-0.2, 0) is 11.2 Å². The molecule has 2 N–H and O–H groups in total. The quantitative estimate of drug-likeness (QED) is 0.828. The lowest BCUT2D eigenvalue weighted by atomic mass is 9.84. The van der Waals surface area contributed by atoms with Crippen LogP contribution in [0.5, 0.6) is 0 Å². The average molecular weight is 219 g/mol. The van der Waals surface area contributed by atoms with Crippen molar-refractivity contribution < 1.29 is 4.74 Å². The number of hydrogen-bond acceptors (Lipinski definition) is 2. The largest absolute Gasteiger partial charge is 0.380 e. The first-order valence-electron chi connectivity index (χ1n) is 6.02. The number of rotatable bonds is 2. The van der Waals surface area contributed by atoms with Crippen molar-refractivity contribution in [2.45, 2.75) is 38.6 Å². The van der Waals surface area contributed by atoms with Crippen LogP contribution in [0.4, 0.5) is 0 Å². The van der Waals surface area contributed by atoms with Crippen LogP contribution in [0.15, 0.2) is 18.2 Å². The Hall–Kier alpha value is -0.860. The highest BCUT2D eigenvalue weighted by molar-refractivity contribution is 5.35. The molecule has 1 atom stereocenters. The van der Waals surface area contributed by atoms with E-state index in [0.717, 1.165) is 25.9 Å². The van der Waals surface area contributed by atoms with Gasteiger partial charge in [-0.3, -0.25) is 0 Å². The molecule has 1 saturated heterocycles. The summed E-state index contributed by atoms with van der Waals surface area (Å²) in [4.78, 5) is 0. The van der Waals surface area contributed by atoms with Crippen molar-refractivity contribution in [1.29, 1.82) is 0 Å². The van der Waals surface area contributed by atoms with Gasteiger partial charge in [-0.15, -0.1) is 0 Å². The third-order valence-corrected chi connectivity index (χ3v) is 3.53. The van der Waals surface area contributed by atoms with E-state index >= 15 is 0 Å². The lowest BCUT2D eigenvalue weighted by molar-refractivity contribution is 0.0381. The maximum Gasteiger partial charge on any atom is 0.0649 e. The predicted molar refractivity (Wildman–Crippen MR) is 66.6 cm³/mol. The zero-order chi connectivity index (χ0) is 11.6. The van der Waals surface area contributed by atoms with Crippen LogP contribution in [-0.4, -0.2) is 18.8 Å². The smallest absolute Gasteiger partial charge is 0.0649 e. The molecule has 0 saturated carbocycles. The first-order valence-corrected chi connectivity index (χ1v) is 6.02. The molecule has 1 unspecified atom stereocenters. The first kappa shape index (κ1) is 11.6. The van der Waals surface area contributed by atoms with Gasteiger partial charge in [0, 0.05) is 12.1 Å². The van der Waals surface area contributed by atoms with Crippen LogP contribution in [0.3, 0.4) is 0 Å². The molecule has 1 heterocycles. The molecule has 16 heavy (non-hydrogen) atoms. The van der Waals surface area contributed by atoms with Crippen LogP contribution in [0.1, 0.15) is 29.5 Å². The Bertz CT molecular complexity index is 347. The summed E-state index contributed by atoms with van der Waals surface area (Å²) in [6, 6.07) is 6.43. The number of nitrogens with two attached hydrogens (primary N) is 1. The predicted octanol–water partition coefficient (Wildman–Crippen LogP) is 2.35. The number of hydrogen-bond donors (Lipinski definition) is 1. The molecule has 0 spiro atoms. The second-order valence-corrected chi connectivity index (χ2v) is 5.07. The van der Waals surface area contributed by atoms with Gasteiger partial charge >= 0.3 is 0 Å². The minimum atomic E-state index is -0.158. The molecule has 0 radical (unpaired) electrons. The van der Waals surface area contributed by atoms with E-state index in [2.05, 4.69) is 32.0 Å². The van der Waals surface area contributed by atoms with Gasteiger partial charge in [-0.05, 0) is 49.8 Å². The Morgan fingerprint density at radius 2 is 2.00 bits per heavy atom. The molecule has 1 aromatic rings. The summed E-state index contributed by atoms with van der Waals surface area (Å²) in [5.41, 5.74) is 10.3. The van der Waals surface area contributed by atoms with Gasteiger partial charge in [0.2, 0.25) is 0 Å². The Labute approximate surface area is 97.8 Å². The molecule has 1 aromatic carbocycles. The van der Waals surface area contributed by atoms with Gasteiger partial charge in [0.1, 0.15) is 0 Å². The minimum absolute atomic E-state index is 0.158. The van der Waals surface area contributed by atoms with E-state index in [1.165, 1.54) is 16.7 Å². The Morgan fingerprint density at radius 3 is 2.56 bits per heavy atom. The highest BCUT2D eigenvalue weighted by atomic mass is 16.5. The van der Waals surface area contributed by atoms with Crippen molar-refractivity contribution in [3.05, 3.63) is 34.9 Å². The summed E-state index contributed by atoms with van der Waals surface area (Å²) < 4.78 is 5.51. The molecule has 0 amide bonds. The molecule has 2 nitrogen and oxygen atoms in total. The number of aryl methyl sites for hydroxylation is 2. The molecular weight excluding hydrogens is 198 g/mol. The molecule has 1 fully saturated rings. The van der Waals surface area contributed by atoms with Crippen molar-refractivity contribution in [3.63, 3.8) is 0 Å². The summed E-state index contributed by atoms with van der Waals surface area (Å²) in [6.45, 7) is 5.89. The molecule has 1 aliphatic heterocycles. The van der Waals surface area contributed by atoms with Crippen molar-refractivity contribution in [2.24, 2.45) is 5.73 Å². The van der Waals surface area contributed by atoms with Gasteiger partial charge in [-0.2, -0.15) is 0 Å². The standard InChI is InChI=1S/C14H21NO/c1-11-5-3-6-12(2)13(11)9-14(15)7-4-8-16-10-14/h3,5-6H,4,7-10,15H2,1-2H3. The van der Waals surface area contributed by atoms with Crippen molar-refractivity contribution in [3.8, 4) is 0 Å². The van der Waals surface area contributed by atoms with E-state index in [1.54, 1.807) is 0 Å².